The minimum atomic E-state index is 0.0404. The first-order chi connectivity index (χ1) is 8.48. The summed E-state index contributed by atoms with van der Waals surface area (Å²) in [5.74, 6) is 1.51. The standard InChI is InChI=1S/C15H22BrNO/c1-10(2)12-8-11(16)9-13(14(12)18-4)15(3)6-5-7-17-15/h8-10,17H,5-7H2,1-4H3. The van der Waals surface area contributed by atoms with Crippen LogP contribution in [0.4, 0.5) is 0 Å². The molecule has 0 aromatic heterocycles. The van der Waals surface area contributed by atoms with E-state index in [9.17, 15) is 0 Å². The van der Waals surface area contributed by atoms with Gasteiger partial charge in [0.2, 0.25) is 0 Å². The van der Waals surface area contributed by atoms with E-state index >= 15 is 0 Å². The molecular weight excluding hydrogens is 290 g/mol. The second-order valence-electron chi connectivity index (χ2n) is 5.59. The van der Waals surface area contributed by atoms with Crippen LogP contribution < -0.4 is 10.1 Å². The molecule has 1 unspecified atom stereocenters. The van der Waals surface area contributed by atoms with Crippen LogP contribution in [0, 0.1) is 0 Å². The van der Waals surface area contributed by atoms with Gasteiger partial charge in [0, 0.05) is 15.6 Å². The number of hydrogen-bond acceptors (Lipinski definition) is 2. The summed E-state index contributed by atoms with van der Waals surface area (Å²) in [6, 6.07) is 4.37. The number of methoxy groups -OCH3 is 1. The molecule has 0 aliphatic carbocycles. The van der Waals surface area contributed by atoms with Crippen LogP contribution in [-0.2, 0) is 5.54 Å². The van der Waals surface area contributed by atoms with E-state index in [1.807, 2.05) is 0 Å². The Kier molecular flexibility index (Phi) is 4.02. The molecule has 1 aromatic carbocycles. The van der Waals surface area contributed by atoms with Crippen LogP contribution in [-0.4, -0.2) is 13.7 Å². The first kappa shape index (κ1) is 13.9. The van der Waals surface area contributed by atoms with E-state index in [0.29, 0.717) is 5.92 Å². The first-order valence-electron chi connectivity index (χ1n) is 6.61. The normalized spacial score (nSPS) is 23.7. The van der Waals surface area contributed by atoms with Gasteiger partial charge in [0.1, 0.15) is 5.75 Å². The SMILES string of the molecule is COc1c(C(C)C)cc(Br)cc1C1(C)CCCN1. The van der Waals surface area contributed by atoms with Gasteiger partial charge in [-0.25, -0.2) is 0 Å². The Morgan fingerprint density at radius 2 is 2.11 bits per heavy atom. The molecule has 100 valence electrons. The molecule has 3 heteroatoms. The lowest BCUT2D eigenvalue weighted by Gasteiger charge is -2.29. The van der Waals surface area contributed by atoms with Gasteiger partial charge in [0.05, 0.1) is 7.11 Å². The molecule has 1 fully saturated rings. The summed E-state index contributed by atoms with van der Waals surface area (Å²) >= 11 is 3.63. The van der Waals surface area contributed by atoms with Crippen molar-refractivity contribution in [2.24, 2.45) is 0 Å². The second-order valence-corrected chi connectivity index (χ2v) is 6.51. The van der Waals surface area contributed by atoms with Gasteiger partial charge in [-0.2, -0.15) is 0 Å². The van der Waals surface area contributed by atoms with Gasteiger partial charge in [-0.1, -0.05) is 29.8 Å². The zero-order valence-electron chi connectivity index (χ0n) is 11.6. The molecule has 0 spiro atoms. The van der Waals surface area contributed by atoms with Gasteiger partial charge < -0.3 is 10.1 Å². The maximum atomic E-state index is 5.71. The van der Waals surface area contributed by atoms with Gasteiger partial charge in [0.15, 0.2) is 0 Å². The van der Waals surface area contributed by atoms with Crippen molar-refractivity contribution in [1.29, 1.82) is 0 Å². The first-order valence-corrected chi connectivity index (χ1v) is 7.40. The fraction of sp³-hybridized carbons (Fsp3) is 0.600. The van der Waals surface area contributed by atoms with Crippen LogP contribution in [0.25, 0.3) is 0 Å². The van der Waals surface area contributed by atoms with Gasteiger partial charge >= 0.3 is 0 Å². The van der Waals surface area contributed by atoms with Crippen molar-refractivity contribution in [2.45, 2.75) is 45.1 Å². The Morgan fingerprint density at radius 3 is 2.61 bits per heavy atom. The lowest BCUT2D eigenvalue weighted by atomic mass is 9.86. The van der Waals surface area contributed by atoms with Crippen molar-refractivity contribution in [3.63, 3.8) is 0 Å². The van der Waals surface area contributed by atoms with Crippen LogP contribution in [0.3, 0.4) is 0 Å². The molecule has 1 aliphatic rings. The van der Waals surface area contributed by atoms with E-state index < -0.39 is 0 Å². The molecule has 1 aliphatic heterocycles. The van der Waals surface area contributed by atoms with Crippen molar-refractivity contribution in [3.8, 4) is 5.75 Å². The third kappa shape index (κ3) is 2.43. The predicted octanol–water partition coefficient (Wildman–Crippen LogP) is 4.18. The predicted molar refractivity (Wildman–Crippen MR) is 79.4 cm³/mol. The molecule has 1 saturated heterocycles. The zero-order chi connectivity index (χ0) is 13.3. The van der Waals surface area contributed by atoms with E-state index in [0.717, 1.165) is 23.2 Å². The molecule has 0 saturated carbocycles. The van der Waals surface area contributed by atoms with Crippen LogP contribution in [0.15, 0.2) is 16.6 Å². The van der Waals surface area contributed by atoms with Crippen LogP contribution in [0.2, 0.25) is 0 Å². The highest BCUT2D eigenvalue weighted by atomic mass is 79.9. The van der Waals surface area contributed by atoms with E-state index in [4.69, 9.17) is 4.74 Å². The second kappa shape index (κ2) is 5.22. The average molecular weight is 312 g/mol. The van der Waals surface area contributed by atoms with Crippen LogP contribution in [0.1, 0.15) is 50.7 Å². The Bertz CT molecular complexity index is 436. The minimum absolute atomic E-state index is 0.0404. The fourth-order valence-electron chi connectivity index (χ4n) is 2.81. The molecule has 0 radical (unpaired) electrons. The lowest BCUT2D eigenvalue weighted by Crippen LogP contribution is -2.33. The zero-order valence-corrected chi connectivity index (χ0v) is 13.2. The number of halogens is 1. The molecule has 2 rings (SSSR count). The van der Waals surface area contributed by atoms with Gasteiger partial charge in [-0.15, -0.1) is 0 Å². The number of rotatable bonds is 3. The highest BCUT2D eigenvalue weighted by Crippen LogP contribution is 2.42. The molecule has 18 heavy (non-hydrogen) atoms. The maximum Gasteiger partial charge on any atom is 0.127 e. The Hall–Kier alpha value is -0.540. The molecule has 0 bridgehead atoms. The third-order valence-electron chi connectivity index (χ3n) is 3.87. The van der Waals surface area contributed by atoms with E-state index in [-0.39, 0.29) is 5.54 Å². The molecule has 2 nitrogen and oxygen atoms in total. The number of hydrogen-bond donors (Lipinski definition) is 1. The highest BCUT2D eigenvalue weighted by Gasteiger charge is 2.34. The van der Waals surface area contributed by atoms with Crippen molar-refractivity contribution in [3.05, 3.63) is 27.7 Å². The largest absolute Gasteiger partial charge is 0.496 e. The van der Waals surface area contributed by atoms with E-state index in [1.54, 1.807) is 7.11 Å². The maximum absolute atomic E-state index is 5.71. The number of nitrogens with one attached hydrogen (secondary N) is 1. The molecule has 1 heterocycles. The summed E-state index contributed by atoms with van der Waals surface area (Å²) in [6.07, 6.45) is 2.39. The summed E-state index contributed by atoms with van der Waals surface area (Å²) in [7, 11) is 1.77. The van der Waals surface area contributed by atoms with Gasteiger partial charge in [0.25, 0.3) is 0 Å². The van der Waals surface area contributed by atoms with Crippen molar-refractivity contribution in [2.75, 3.05) is 13.7 Å². The highest BCUT2D eigenvalue weighted by molar-refractivity contribution is 9.10. The Morgan fingerprint density at radius 1 is 1.39 bits per heavy atom. The lowest BCUT2D eigenvalue weighted by molar-refractivity contribution is 0.365. The monoisotopic (exact) mass is 311 g/mol. The minimum Gasteiger partial charge on any atom is -0.496 e. The van der Waals surface area contributed by atoms with Crippen molar-refractivity contribution in [1.82, 2.24) is 5.32 Å². The molecule has 1 atom stereocenters. The quantitative estimate of drug-likeness (QED) is 0.904. The van der Waals surface area contributed by atoms with Gasteiger partial charge in [-0.05, 0) is 49.9 Å². The van der Waals surface area contributed by atoms with Crippen molar-refractivity contribution >= 4 is 15.9 Å². The summed E-state index contributed by atoms with van der Waals surface area (Å²) < 4.78 is 6.85. The van der Waals surface area contributed by atoms with Crippen LogP contribution in [0.5, 0.6) is 5.75 Å². The smallest absolute Gasteiger partial charge is 0.127 e. The number of ether oxygens (including phenoxy) is 1. The Balaban J connectivity index is 2.58. The molecule has 1 aromatic rings. The number of benzene rings is 1. The van der Waals surface area contributed by atoms with E-state index in [1.165, 1.54) is 17.5 Å². The summed E-state index contributed by atoms with van der Waals surface area (Å²) in [4.78, 5) is 0. The molecule has 1 N–H and O–H groups in total. The Labute approximate surface area is 118 Å². The summed E-state index contributed by atoms with van der Waals surface area (Å²) in [5, 5.41) is 3.62. The third-order valence-corrected chi connectivity index (χ3v) is 4.33. The van der Waals surface area contributed by atoms with E-state index in [2.05, 4.69) is 54.2 Å². The average Bonchev–Trinajstić information content (AvgIpc) is 2.76. The topological polar surface area (TPSA) is 21.3 Å². The summed E-state index contributed by atoms with van der Waals surface area (Å²) in [5.41, 5.74) is 2.59. The van der Waals surface area contributed by atoms with Crippen LogP contribution >= 0.6 is 15.9 Å². The fourth-order valence-corrected chi connectivity index (χ4v) is 3.28. The molecule has 0 amide bonds. The van der Waals surface area contributed by atoms with Crippen molar-refractivity contribution < 1.29 is 4.74 Å². The van der Waals surface area contributed by atoms with Gasteiger partial charge in [-0.3, -0.25) is 0 Å². The molecular formula is C15H22BrNO. The summed E-state index contributed by atoms with van der Waals surface area (Å²) in [6.45, 7) is 7.77.